The number of piperidine rings is 1. The van der Waals surface area contributed by atoms with E-state index in [0.717, 1.165) is 44.5 Å². The molecule has 2 aliphatic carbocycles. The number of nitrogens with zero attached hydrogens (tertiary/aromatic N) is 1. The van der Waals surface area contributed by atoms with Gasteiger partial charge in [0.2, 0.25) is 0 Å². The van der Waals surface area contributed by atoms with Crippen LogP contribution in [-0.4, -0.2) is 35.2 Å². The summed E-state index contributed by atoms with van der Waals surface area (Å²) in [6, 6.07) is 10.2. The number of fused-ring (bicyclic) bond motifs is 2. The lowest BCUT2D eigenvalue weighted by atomic mass is 9.66. The Morgan fingerprint density at radius 3 is 2.50 bits per heavy atom. The fourth-order valence-corrected chi connectivity index (χ4v) is 5.23. The van der Waals surface area contributed by atoms with Gasteiger partial charge in [-0.25, -0.2) is 0 Å². The van der Waals surface area contributed by atoms with E-state index < -0.39 is 11.1 Å². The fourth-order valence-electron chi connectivity index (χ4n) is 5.23. The minimum atomic E-state index is -0.949. The molecule has 3 unspecified atom stereocenters. The molecule has 3 heteroatoms. The first kappa shape index (κ1) is 16.3. The lowest BCUT2D eigenvalue weighted by Gasteiger charge is -2.48. The van der Waals surface area contributed by atoms with Crippen LogP contribution in [0.4, 0.5) is 0 Å². The second-order valence-corrected chi connectivity index (χ2v) is 8.11. The highest BCUT2D eigenvalue weighted by Gasteiger charge is 2.58. The summed E-state index contributed by atoms with van der Waals surface area (Å²) in [7, 11) is 0. The minimum Gasteiger partial charge on any atom is -0.383 e. The molecule has 1 aromatic rings. The Labute approximate surface area is 145 Å². The molecule has 1 heterocycles. The van der Waals surface area contributed by atoms with Crippen LogP contribution in [0.15, 0.2) is 42.5 Å². The molecule has 4 atom stereocenters. The van der Waals surface area contributed by atoms with Crippen molar-refractivity contribution >= 4 is 0 Å². The topological polar surface area (TPSA) is 49.5 Å². The first-order chi connectivity index (χ1) is 11.6. The fraction of sp³-hybridized carbons (Fsp3) is 0.619. The second-order valence-electron chi connectivity index (χ2n) is 8.11. The Kier molecular flexibility index (Phi) is 4.27. The number of allylic oxidation sites excluding steroid dienone is 1. The summed E-state index contributed by atoms with van der Waals surface area (Å²) < 4.78 is 0. The molecule has 1 saturated heterocycles. The summed E-state index contributed by atoms with van der Waals surface area (Å²) in [6.07, 6.45) is 11.2. The molecule has 0 aromatic heterocycles. The van der Waals surface area contributed by atoms with Gasteiger partial charge in [-0.05, 0) is 62.6 Å². The van der Waals surface area contributed by atoms with Crippen LogP contribution >= 0.6 is 0 Å². The molecule has 0 radical (unpaired) electrons. The molecule has 1 aromatic carbocycles. The number of rotatable bonds is 5. The van der Waals surface area contributed by atoms with Crippen molar-refractivity contribution in [2.75, 3.05) is 19.6 Å². The van der Waals surface area contributed by atoms with Gasteiger partial charge in [0.1, 0.15) is 5.60 Å². The maximum atomic E-state index is 11.9. The Balaban J connectivity index is 1.61. The highest BCUT2D eigenvalue weighted by atomic mass is 16.3. The van der Waals surface area contributed by atoms with E-state index in [2.05, 4.69) is 29.2 Å². The Morgan fingerprint density at radius 2 is 1.88 bits per heavy atom. The average molecular weight is 326 g/mol. The van der Waals surface area contributed by atoms with Gasteiger partial charge in [-0.3, -0.25) is 0 Å². The summed E-state index contributed by atoms with van der Waals surface area (Å²) in [5.74, 6) is 0.847. The Hall–Kier alpha value is -1.16. The molecule has 3 N–H and O–H groups in total. The molecule has 1 aliphatic heterocycles. The molecule has 24 heavy (non-hydrogen) atoms. The van der Waals surface area contributed by atoms with Gasteiger partial charge in [0, 0.05) is 6.54 Å². The van der Waals surface area contributed by atoms with Crippen molar-refractivity contribution in [3.05, 3.63) is 48.0 Å². The van der Waals surface area contributed by atoms with E-state index in [9.17, 15) is 5.11 Å². The normalized spacial score (nSPS) is 35.2. The van der Waals surface area contributed by atoms with Gasteiger partial charge in [0.05, 0.1) is 5.54 Å². The zero-order chi connectivity index (χ0) is 16.6. The maximum absolute atomic E-state index is 11.9. The van der Waals surface area contributed by atoms with Crippen LogP contribution in [0.1, 0.15) is 44.1 Å². The van der Waals surface area contributed by atoms with E-state index in [1.165, 1.54) is 19.3 Å². The number of hydrogen-bond donors (Lipinski definition) is 2. The van der Waals surface area contributed by atoms with Crippen LogP contribution in [-0.2, 0) is 5.60 Å². The summed E-state index contributed by atoms with van der Waals surface area (Å²) in [5, 5.41) is 11.9. The predicted molar refractivity (Wildman–Crippen MR) is 97.5 cm³/mol. The van der Waals surface area contributed by atoms with E-state index in [4.69, 9.17) is 5.73 Å². The molecule has 4 rings (SSSR count). The lowest BCUT2D eigenvalue weighted by Crippen LogP contribution is -2.61. The number of nitrogens with two attached hydrogens (primary N) is 1. The molecule has 1 saturated carbocycles. The molecule has 2 bridgehead atoms. The monoisotopic (exact) mass is 326 g/mol. The maximum Gasteiger partial charge on any atom is 0.109 e. The van der Waals surface area contributed by atoms with Gasteiger partial charge in [-0.1, -0.05) is 48.9 Å². The molecule has 130 valence electrons. The summed E-state index contributed by atoms with van der Waals surface area (Å²) in [6.45, 7) is 3.26. The number of benzene rings is 1. The van der Waals surface area contributed by atoms with E-state index in [1.54, 1.807) is 0 Å². The average Bonchev–Trinajstić information content (AvgIpc) is 3.22. The minimum absolute atomic E-state index is 0.300. The Morgan fingerprint density at radius 1 is 1.12 bits per heavy atom. The zero-order valence-electron chi connectivity index (χ0n) is 14.5. The van der Waals surface area contributed by atoms with Crippen LogP contribution in [0.25, 0.3) is 0 Å². The van der Waals surface area contributed by atoms with Crippen molar-refractivity contribution in [2.45, 2.75) is 49.7 Å². The van der Waals surface area contributed by atoms with Gasteiger partial charge in [-0.2, -0.15) is 0 Å². The Bertz CT molecular complexity index is 595. The molecule has 0 amide bonds. The van der Waals surface area contributed by atoms with Gasteiger partial charge < -0.3 is 15.7 Å². The van der Waals surface area contributed by atoms with E-state index in [0.29, 0.717) is 11.8 Å². The summed E-state index contributed by atoms with van der Waals surface area (Å²) in [5.41, 5.74) is 6.46. The van der Waals surface area contributed by atoms with Crippen molar-refractivity contribution in [1.29, 1.82) is 0 Å². The van der Waals surface area contributed by atoms with Crippen molar-refractivity contribution < 1.29 is 5.11 Å². The van der Waals surface area contributed by atoms with Crippen LogP contribution < -0.4 is 5.73 Å². The quantitative estimate of drug-likeness (QED) is 0.818. The molecule has 3 aliphatic rings. The SMILES string of the molecule is NC1([C@](O)(CCN2CCCCC2)c2ccccc2)CC2C=CC1C2. The van der Waals surface area contributed by atoms with Crippen LogP contribution in [0.2, 0.25) is 0 Å². The summed E-state index contributed by atoms with van der Waals surface area (Å²) in [4.78, 5) is 2.50. The first-order valence-electron chi connectivity index (χ1n) is 9.59. The third-order valence-electron chi connectivity index (χ3n) is 6.69. The van der Waals surface area contributed by atoms with Gasteiger partial charge in [0.25, 0.3) is 0 Å². The smallest absolute Gasteiger partial charge is 0.109 e. The van der Waals surface area contributed by atoms with Gasteiger partial charge in [-0.15, -0.1) is 0 Å². The molecule has 0 spiro atoms. The summed E-state index contributed by atoms with van der Waals surface area (Å²) >= 11 is 0. The second kappa shape index (κ2) is 6.29. The highest BCUT2D eigenvalue weighted by Crippen LogP contribution is 2.54. The molecule has 3 nitrogen and oxygen atoms in total. The van der Waals surface area contributed by atoms with Crippen LogP contribution in [0.5, 0.6) is 0 Å². The first-order valence-corrected chi connectivity index (χ1v) is 9.59. The number of aliphatic hydroxyl groups is 1. The largest absolute Gasteiger partial charge is 0.383 e. The third kappa shape index (κ3) is 2.63. The lowest BCUT2D eigenvalue weighted by molar-refractivity contribution is -0.0670. The van der Waals surface area contributed by atoms with Gasteiger partial charge >= 0.3 is 0 Å². The van der Waals surface area contributed by atoms with Crippen molar-refractivity contribution in [3.8, 4) is 0 Å². The number of likely N-dealkylation sites (tertiary alicyclic amines) is 1. The van der Waals surface area contributed by atoms with E-state index in [1.807, 2.05) is 18.2 Å². The van der Waals surface area contributed by atoms with Gasteiger partial charge in [0.15, 0.2) is 0 Å². The highest BCUT2D eigenvalue weighted by molar-refractivity contribution is 5.33. The predicted octanol–water partition coefficient (Wildman–Crippen LogP) is 3.04. The standard InChI is InChI=1S/C21H30N2O/c22-20(16-17-9-10-19(20)15-17)21(24,18-7-3-1-4-8-18)11-14-23-12-5-2-6-13-23/h1,3-4,7-10,17,19,24H,2,5-6,11-16,22H2/t17?,19?,20?,21-/m0/s1. The van der Waals surface area contributed by atoms with Crippen molar-refractivity contribution in [3.63, 3.8) is 0 Å². The van der Waals surface area contributed by atoms with E-state index >= 15 is 0 Å². The van der Waals surface area contributed by atoms with Crippen LogP contribution in [0, 0.1) is 11.8 Å². The number of hydrogen-bond acceptors (Lipinski definition) is 3. The van der Waals surface area contributed by atoms with Crippen LogP contribution in [0.3, 0.4) is 0 Å². The van der Waals surface area contributed by atoms with Crippen molar-refractivity contribution in [2.24, 2.45) is 17.6 Å². The molecule has 2 fully saturated rings. The zero-order valence-corrected chi connectivity index (χ0v) is 14.5. The molecular weight excluding hydrogens is 296 g/mol. The molecular formula is C21H30N2O. The van der Waals surface area contributed by atoms with E-state index in [-0.39, 0.29) is 0 Å². The van der Waals surface area contributed by atoms with Crippen molar-refractivity contribution in [1.82, 2.24) is 4.90 Å². The third-order valence-corrected chi connectivity index (χ3v) is 6.69.